The van der Waals surface area contributed by atoms with Crippen molar-refractivity contribution in [1.29, 1.82) is 0 Å². The average molecular weight is 414 g/mol. The van der Waals surface area contributed by atoms with Gasteiger partial charge in [0.25, 0.3) is 0 Å². The van der Waals surface area contributed by atoms with Crippen LogP contribution >= 0.6 is 24.0 Å². The van der Waals surface area contributed by atoms with Crippen molar-refractivity contribution in [3.8, 4) is 0 Å². The van der Waals surface area contributed by atoms with Crippen LogP contribution in [-0.4, -0.2) is 51.8 Å². The summed E-state index contributed by atoms with van der Waals surface area (Å²) in [5.74, 6) is 0.597. The largest absolute Gasteiger partial charge is 0.383 e. The summed E-state index contributed by atoms with van der Waals surface area (Å²) in [5, 5.41) is 9.03. The van der Waals surface area contributed by atoms with Crippen LogP contribution < -0.4 is 16.0 Å². The van der Waals surface area contributed by atoms with E-state index in [-0.39, 0.29) is 36.4 Å². The van der Waals surface area contributed by atoms with Gasteiger partial charge in [-0.1, -0.05) is 26.2 Å². The highest BCUT2D eigenvalue weighted by atomic mass is 127. The molecule has 0 heterocycles. The number of ether oxygens (including phenoxy) is 1. The minimum atomic E-state index is -0.0661. The molecule has 0 radical (unpaired) electrons. The first-order valence-electron chi connectivity index (χ1n) is 7.36. The van der Waals surface area contributed by atoms with E-state index in [4.69, 9.17) is 4.74 Å². The summed E-state index contributed by atoms with van der Waals surface area (Å²) in [5.41, 5.74) is 0. The molecule has 0 aromatic heterocycles. The lowest BCUT2D eigenvalue weighted by molar-refractivity contribution is -0.120. The van der Waals surface area contributed by atoms with Crippen LogP contribution in [-0.2, 0) is 9.53 Å². The Labute approximate surface area is 145 Å². The van der Waals surface area contributed by atoms with E-state index in [1.165, 1.54) is 19.3 Å². The Kier molecular flexibility index (Phi) is 17.1. The molecule has 126 valence electrons. The van der Waals surface area contributed by atoms with Crippen molar-refractivity contribution in [3.05, 3.63) is 0 Å². The quantitative estimate of drug-likeness (QED) is 0.219. The van der Waals surface area contributed by atoms with E-state index in [0.717, 1.165) is 6.42 Å². The predicted molar refractivity (Wildman–Crippen MR) is 98.4 cm³/mol. The summed E-state index contributed by atoms with van der Waals surface area (Å²) in [6.45, 7) is 5.58. The Balaban J connectivity index is 0. The molecule has 1 amide bonds. The summed E-state index contributed by atoms with van der Waals surface area (Å²) in [6, 6.07) is 0.351. The van der Waals surface area contributed by atoms with Gasteiger partial charge in [-0.3, -0.25) is 9.79 Å². The van der Waals surface area contributed by atoms with Gasteiger partial charge in [0.15, 0.2) is 5.96 Å². The first-order valence-corrected chi connectivity index (χ1v) is 7.36. The summed E-state index contributed by atoms with van der Waals surface area (Å²) >= 11 is 0. The number of nitrogens with one attached hydrogen (secondary N) is 3. The van der Waals surface area contributed by atoms with Crippen LogP contribution in [0, 0.1) is 0 Å². The van der Waals surface area contributed by atoms with Crippen LogP contribution in [0.3, 0.4) is 0 Å². The number of unbranched alkanes of at least 4 members (excludes halogenated alkanes) is 2. The third-order valence-electron chi connectivity index (χ3n) is 2.89. The van der Waals surface area contributed by atoms with Crippen molar-refractivity contribution >= 4 is 35.8 Å². The van der Waals surface area contributed by atoms with E-state index in [2.05, 4.69) is 34.8 Å². The molecule has 1 unspecified atom stereocenters. The van der Waals surface area contributed by atoms with E-state index in [1.54, 1.807) is 14.2 Å². The molecule has 0 saturated carbocycles. The fourth-order valence-corrected chi connectivity index (χ4v) is 1.72. The van der Waals surface area contributed by atoms with E-state index in [9.17, 15) is 4.79 Å². The molecule has 7 heteroatoms. The lowest BCUT2D eigenvalue weighted by Gasteiger charge is -2.17. The van der Waals surface area contributed by atoms with Crippen LogP contribution in [0.2, 0.25) is 0 Å². The maximum absolute atomic E-state index is 11.5. The highest BCUT2D eigenvalue weighted by Gasteiger charge is 2.06. The Bertz CT molecular complexity index is 288. The van der Waals surface area contributed by atoms with Gasteiger partial charge >= 0.3 is 0 Å². The normalized spacial score (nSPS) is 12.3. The maximum Gasteiger partial charge on any atom is 0.239 e. The number of amides is 1. The van der Waals surface area contributed by atoms with Crippen LogP contribution in [0.15, 0.2) is 4.99 Å². The minimum absolute atomic E-state index is 0. The van der Waals surface area contributed by atoms with Gasteiger partial charge in [-0.2, -0.15) is 0 Å². The molecule has 0 saturated heterocycles. The molecule has 0 aromatic rings. The van der Waals surface area contributed by atoms with E-state index >= 15 is 0 Å². The van der Waals surface area contributed by atoms with Crippen molar-refractivity contribution in [2.45, 2.75) is 45.6 Å². The van der Waals surface area contributed by atoms with Gasteiger partial charge in [0.2, 0.25) is 5.91 Å². The number of methoxy groups -OCH3 is 1. The van der Waals surface area contributed by atoms with Crippen LogP contribution in [0.5, 0.6) is 0 Å². The standard InChI is InChI=1S/C14H30N4O2.HI/c1-5-6-7-8-12(2)18-14(15-3)17-11-13(19)16-9-10-20-4;/h12H,5-11H2,1-4H3,(H,16,19)(H2,15,17,18);1H. The summed E-state index contributed by atoms with van der Waals surface area (Å²) in [4.78, 5) is 15.6. The van der Waals surface area contributed by atoms with E-state index in [0.29, 0.717) is 25.2 Å². The smallest absolute Gasteiger partial charge is 0.239 e. The molecule has 21 heavy (non-hydrogen) atoms. The number of nitrogens with zero attached hydrogens (tertiary/aromatic N) is 1. The number of halogens is 1. The topological polar surface area (TPSA) is 74.8 Å². The van der Waals surface area contributed by atoms with Gasteiger partial charge in [0.1, 0.15) is 0 Å². The predicted octanol–water partition coefficient (Wildman–Crippen LogP) is 1.50. The van der Waals surface area contributed by atoms with Crippen molar-refractivity contribution in [2.75, 3.05) is 33.9 Å². The number of aliphatic imine (C=N–C) groups is 1. The SMILES string of the molecule is CCCCCC(C)NC(=NC)NCC(=O)NCCOC.I. The van der Waals surface area contributed by atoms with Gasteiger partial charge in [-0.05, 0) is 13.3 Å². The Hall–Kier alpha value is -0.570. The van der Waals surface area contributed by atoms with E-state index in [1.807, 2.05) is 0 Å². The average Bonchev–Trinajstić information content (AvgIpc) is 2.44. The fourth-order valence-electron chi connectivity index (χ4n) is 1.72. The highest BCUT2D eigenvalue weighted by molar-refractivity contribution is 14.0. The molecule has 0 aliphatic heterocycles. The number of hydrogen-bond donors (Lipinski definition) is 3. The van der Waals surface area contributed by atoms with Gasteiger partial charge in [-0.25, -0.2) is 0 Å². The molecule has 0 fully saturated rings. The Morgan fingerprint density at radius 1 is 1.29 bits per heavy atom. The summed E-state index contributed by atoms with van der Waals surface area (Å²) < 4.78 is 4.87. The van der Waals surface area contributed by atoms with E-state index < -0.39 is 0 Å². The molecule has 0 aliphatic carbocycles. The van der Waals surface area contributed by atoms with Crippen molar-refractivity contribution in [2.24, 2.45) is 4.99 Å². The van der Waals surface area contributed by atoms with Gasteiger partial charge in [-0.15, -0.1) is 24.0 Å². The molecule has 0 rings (SSSR count). The second kappa shape index (κ2) is 15.8. The number of rotatable bonds is 10. The molecule has 0 aromatic carbocycles. The van der Waals surface area contributed by atoms with Crippen molar-refractivity contribution in [3.63, 3.8) is 0 Å². The molecular weight excluding hydrogens is 383 g/mol. The Morgan fingerprint density at radius 3 is 2.57 bits per heavy atom. The van der Waals surface area contributed by atoms with Crippen molar-refractivity contribution < 1.29 is 9.53 Å². The molecule has 1 atom stereocenters. The first-order chi connectivity index (χ1) is 9.63. The molecule has 0 bridgehead atoms. The highest BCUT2D eigenvalue weighted by Crippen LogP contribution is 2.02. The summed E-state index contributed by atoms with van der Waals surface area (Å²) in [6.07, 6.45) is 4.79. The van der Waals surface area contributed by atoms with Gasteiger partial charge in [0, 0.05) is 26.7 Å². The zero-order valence-electron chi connectivity index (χ0n) is 13.7. The van der Waals surface area contributed by atoms with Crippen LogP contribution in [0.4, 0.5) is 0 Å². The minimum Gasteiger partial charge on any atom is -0.383 e. The third kappa shape index (κ3) is 14.1. The lowest BCUT2D eigenvalue weighted by atomic mass is 10.1. The van der Waals surface area contributed by atoms with Crippen LogP contribution in [0.1, 0.15) is 39.5 Å². The van der Waals surface area contributed by atoms with Crippen molar-refractivity contribution in [1.82, 2.24) is 16.0 Å². The van der Waals surface area contributed by atoms with Gasteiger partial charge in [0.05, 0.1) is 13.2 Å². The fraction of sp³-hybridized carbons (Fsp3) is 0.857. The second-order valence-corrected chi connectivity index (χ2v) is 4.81. The number of carbonyl (C=O) groups is 1. The zero-order chi connectivity index (χ0) is 15.2. The number of carbonyl (C=O) groups excluding carboxylic acids is 1. The van der Waals surface area contributed by atoms with Gasteiger partial charge < -0.3 is 20.7 Å². The molecule has 3 N–H and O–H groups in total. The molecule has 0 spiro atoms. The Morgan fingerprint density at radius 2 is 2.00 bits per heavy atom. The third-order valence-corrected chi connectivity index (χ3v) is 2.89. The first kappa shape index (κ1) is 22.7. The monoisotopic (exact) mass is 414 g/mol. The molecule has 0 aliphatic rings. The zero-order valence-corrected chi connectivity index (χ0v) is 16.0. The molecule has 6 nitrogen and oxygen atoms in total. The van der Waals surface area contributed by atoms with Crippen LogP contribution in [0.25, 0.3) is 0 Å². The number of guanidine groups is 1. The maximum atomic E-state index is 11.5. The lowest BCUT2D eigenvalue weighted by Crippen LogP contribution is -2.46. The molecular formula is C14H31IN4O2. The number of hydrogen-bond acceptors (Lipinski definition) is 3. The summed E-state index contributed by atoms with van der Waals surface area (Å²) in [7, 11) is 3.31. The second-order valence-electron chi connectivity index (χ2n) is 4.81.